The molecular formula is C18H19BN4O2. The molecule has 0 radical (unpaired) electrons. The molecule has 0 spiro atoms. The molecule has 2 aromatic heterocycles. The highest BCUT2D eigenvalue weighted by molar-refractivity contribution is 6.21. The summed E-state index contributed by atoms with van der Waals surface area (Å²) < 4.78 is 15.4. The third kappa shape index (κ3) is 2.52. The second kappa shape index (κ2) is 5.84. The van der Waals surface area contributed by atoms with E-state index < -0.39 is 0 Å². The molecule has 0 fully saturated rings. The summed E-state index contributed by atoms with van der Waals surface area (Å²) in [6.45, 7) is 4.07. The minimum atomic E-state index is 0.152. The van der Waals surface area contributed by atoms with Gasteiger partial charge in [-0.15, -0.1) is 0 Å². The van der Waals surface area contributed by atoms with E-state index in [0.717, 1.165) is 44.4 Å². The summed E-state index contributed by atoms with van der Waals surface area (Å²) in [4.78, 5) is 0. The Bertz CT molecular complexity index is 998. The topological polar surface area (TPSA) is 54.1 Å². The molecule has 0 saturated heterocycles. The Balaban J connectivity index is 1.53. The zero-order valence-electron chi connectivity index (χ0n) is 14.8. The highest BCUT2D eigenvalue weighted by Gasteiger charge is 2.11. The van der Waals surface area contributed by atoms with Crippen LogP contribution in [0.5, 0.6) is 11.5 Å². The summed E-state index contributed by atoms with van der Waals surface area (Å²) in [6.07, 6.45) is 3.72. The number of fused-ring (bicyclic) bond motifs is 2. The van der Waals surface area contributed by atoms with E-state index in [-0.39, 0.29) is 7.69 Å². The number of rotatable bonds is 4. The lowest BCUT2D eigenvalue weighted by molar-refractivity contribution is 0.456. The van der Waals surface area contributed by atoms with Gasteiger partial charge in [0.2, 0.25) is 0 Å². The number of hydrogen-bond donors (Lipinski definition) is 0. The summed E-state index contributed by atoms with van der Waals surface area (Å²) in [6, 6.07) is 7.94. The number of hydrogen-bond acceptors (Lipinski definition) is 4. The highest BCUT2D eigenvalue weighted by atomic mass is 16.6. The molecule has 0 bridgehead atoms. The van der Waals surface area contributed by atoms with Crippen molar-refractivity contribution in [3.63, 3.8) is 0 Å². The van der Waals surface area contributed by atoms with E-state index in [1.165, 1.54) is 0 Å². The number of aromatic nitrogens is 4. The van der Waals surface area contributed by atoms with Crippen LogP contribution >= 0.6 is 0 Å². The van der Waals surface area contributed by atoms with Gasteiger partial charge in [0, 0.05) is 36.0 Å². The minimum Gasteiger partial charge on any atom is -0.528 e. The van der Waals surface area contributed by atoms with Gasteiger partial charge in [-0.25, -0.2) is 0 Å². The van der Waals surface area contributed by atoms with E-state index in [1.807, 2.05) is 74.0 Å². The van der Waals surface area contributed by atoms with E-state index in [9.17, 15) is 0 Å². The average molecular weight is 334 g/mol. The predicted octanol–water partition coefficient (Wildman–Crippen LogP) is 2.80. The fourth-order valence-electron chi connectivity index (χ4n) is 3.16. The minimum absolute atomic E-state index is 0.152. The molecular weight excluding hydrogens is 315 g/mol. The van der Waals surface area contributed by atoms with Gasteiger partial charge in [0.1, 0.15) is 11.5 Å². The second-order valence-electron chi connectivity index (χ2n) is 6.19. The molecule has 7 heteroatoms. The maximum Gasteiger partial charge on any atom is 0.576 e. The molecule has 4 aromatic rings. The van der Waals surface area contributed by atoms with Crippen LogP contribution < -0.4 is 9.31 Å². The van der Waals surface area contributed by atoms with Crippen LogP contribution in [0.4, 0.5) is 0 Å². The van der Waals surface area contributed by atoms with Gasteiger partial charge in [0.05, 0.1) is 23.4 Å². The molecule has 4 rings (SSSR count). The van der Waals surface area contributed by atoms with Gasteiger partial charge in [0.15, 0.2) is 0 Å². The smallest absolute Gasteiger partial charge is 0.528 e. The van der Waals surface area contributed by atoms with Crippen molar-refractivity contribution in [3.8, 4) is 11.5 Å². The number of benzene rings is 2. The average Bonchev–Trinajstić information content (AvgIpc) is 3.16. The van der Waals surface area contributed by atoms with Gasteiger partial charge in [-0.3, -0.25) is 9.36 Å². The van der Waals surface area contributed by atoms with Crippen LogP contribution in [-0.4, -0.2) is 27.2 Å². The first-order valence-corrected chi connectivity index (χ1v) is 8.14. The number of nitrogens with zero attached hydrogens (tertiary/aromatic N) is 4. The van der Waals surface area contributed by atoms with Crippen molar-refractivity contribution in [1.29, 1.82) is 0 Å². The Kier molecular flexibility index (Phi) is 3.64. The number of aryl methyl sites for hydroxylation is 4. The molecule has 0 unspecified atom stereocenters. The molecule has 0 aliphatic rings. The Hall–Kier alpha value is -2.96. The van der Waals surface area contributed by atoms with Crippen molar-refractivity contribution in [1.82, 2.24) is 19.6 Å². The van der Waals surface area contributed by atoms with Gasteiger partial charge in [0.25, 0.3) is 0 Å². The van der Waals surface area contributed by atoms with Crippen molar-refractivity contribution < 1.29 is 9.31 Å². The predicted molar refractivity (Wildman–Crippen MR) is 99.3 cm³/mol. The summed E-state index contributed by atoms with van der Waals surface area (Å²) >= 11 is 0. The summed E-state index contributed by atoms with van der Waals surface area (Å²) in [5.74, 6) is 1.61. The fourth-order valence-corrected chi connectivity index (χ4v) is 3.16. The van der Waals surface area contributed by atoms with Crippen LogP contribution in [0.25, 0.3) is 21.8 Å². The summed E-state index contributed by atoms with van der Waals surface area (Å²) in [5.41, 5.74) is 4.30. The maximum absolute atomic E-state index is 5.85. The van der Waals surface area contributed by atoms with Crippen molar-refractivity contribution in [2.45, 2.75) is 13.8 Å². The van der Waals surface area contributed by atoms with Crippen molar-refractivity contribution in [2.24, 2.45) is 14.1 Å². The standard InChI is InChI=1S/C18H19BN4O2/c1-11-13-9-20-22(3)15(13)5-7-17(11)24-19-25-18-8-6-16-14(12(18)2)10-21-23(16)4/h5-10,19H,1-4H3. The highest BCUT2D eigenvalue weighted by Crippen LogP contribution is 2.28. The molecule has 6 nitrogen and oxygen atoms in total. The zero-order valence-corrected chi connectivity index (χ0v) is 14.8. The van der Waals surface area contributed by atoms with Crippen molar-refractivity contribution in [3.05, 3.63) is 47.8 Å². The fraction of sp³-hybridized carbons (Fsp3) is 0.222. The third-order valence-electron chi connectivity index (χ3n) is 4.73. The monoisotopic (exact) mass is 334 g/mol. The molecule has 0 aliphatic heterocycles. The molecule has 2 aromatic carbocycles. The normalized spacial score (nSPS) is 11.2. The van der Waals surface area contributed by atoms with Crippen LogP contribution in [0.3, 0.4) is 0 Å². The van der Waals surface area contributed by atoms with Gasteiger partial charge < -0.3 is 9.31 Å². The molecule has 2 heterocycles. The molecule has 0 amide bonds. The maximum atomic E-state index is 5.85. The lowest BCUT2D eigenvalue weighted by Gasteiger charge is -2.12. The summed E-state index contributed by atoms with van der Waals surface area (Å²) in [7, 11) is 4.02. The van der Waals surface area contributed by atoms with Crippen LogP contribution in [0.15, 0.2) is 36.7 Å². The van der Waals surface area contributed by atoms with Crippen LogP contribution in [0.2, 0.25) is 0 Å². The van der Waals surface area contributed by atoms with Crippen LogP contribution in [0, 0.1) is 13.8 Å². The quantitative estimate of drug-likeness (QED) is 0.539. The Morgan fingerprint density at radius 1 is 0.760 bits per heavy atom. The molecule has 0 atom stereocenters. The first-order chi connectivity index (χ1) is 12.1. The molecule has 25 heavy (non-hydrogen) atoms. The third-order valence-corrected chi connectivity index (χ3v) is 4.73. The van der Waals surface area contributed by atoms with E-state index in [2.05, 4.69) is 10.2 Å². The zero-order chi connectivity index (χ0) is 17.6. The van der Waals surface area contributed by atoms with E-state index in [0.29, 0.717) is 0 Å². The van der Waals surface area contributed by atoms with E-state index >= 15 is 0 Å². The van der Waals surface area contributed by atoms with Crippen LogP contribution in [0.1, 0.15) is 11.1 Å². The van der Waals surface area contributed by atoms with Crippen LogP contribution in [-0.2, 0) is 14.1 Å². The largest absolute Gasteiger partial charge is 0.576 e. The first-order valence-electron chi connectivity index (χ1n) is 8.14. The van der Waals surface area contributed by atoms with E-state index in [4.69, 9.17) is 9.31 Å². The Labute approximate surface area is 146 Å². The second-order valence-corrected chi connectivity index (χ2v) is 6.19. The van der Waals surface area contributed by atoms with E-state index in [1.54, 1.807) is 0 Å². The Morgan fingerprint density at radius 3 is 1.64 bits per heavy atom. The molecule has 0 N–H and O–H groups in total. The molecule has 0 saturated carbocycles. The van der Waals surface area contributed by atoms with Crippen molar-refractivity contribution in [2.75, 3.05) is 0 Å². The summed E-state index contributed by atoms with van der Waals surface area (Å²) in [5, 5.41) is 10.8. The SMILES string of the molecule is Cc1c(OBOc2ccc3c(cnn3C)c2C)ccc2c1cnn2C. The molecule has 126 valence electrons. The van der Waals surface area contributed by atoms with Gasteiger partial charge in [-0.1, -0.05) is 0 Å². The lowest BCUT2D eigenvalue weighted by Crippen LogP contribution is -2.12. The van der Waals surface area contributed by atoms with Crippen molar-refractivity contribution >= 4 is 29.5 Å². The van der Waals surface area contributed by atoms with Gasteiger partial charge in [-0.2, -0.15) is 10.2 Å². The van der Waals surface area contributed by atoms with Gasteiger partial charge in [-0.05, 0) is 38.1 Å². The Morgan fingerprint density at radius 2 is 1.20 bits per heavy atom. The first kappa shape index (κ1) is 15.6. The lowest BCUT2D eigenvalue weighted by atomic mass is 10.1. The van der Waals surface area contributed by atoms with Gasteiger partial charge >= 0.3 is 7.69 Å². The molecule has 0 aliphatic carbocycles.